The summed E-state index contributed by atoms with van der Waals surface area (Å²) in [6, 6.07) is 3.24. The van der Waals surface area contributed by atoms with Crippen LogP contribution in [0, 0.1) is 5.41 Å². The summed E-state index contributed by atoms with van der Waals surface area (Å²) in [6.07, 6.45) is -3.04. The molecule has 0 radical (unpaired) electrons. The fourth-order valence-corrected chi connectivity index (χ4v) is 3.93. The zero-order chi connectivity index (χ0) is 18.4. The molecule has 0 aromatic heterocycles. The molecule has 1 aromatic carbocycles. The van der Waals surface area contributed by atoms with Crippen LogP contribution >= 0.6 is 11.6 Å². The molecule has 25 heavy (non-hydrogen) atoms. The maximum absolute atomic E-state index is 13.0. The van der Waals surface area contributed by atoms with Gasteiger partial charge in [0.05, 0.1) is 10.6 Å². The van der Waals surface area contributed by atoms with Gasteiger partial charge in [0.1, 0.15) is 0 Å². The summed E-state index contributed by atoms with van der Waals surface area (Å²) in [4.78, 5) is 27.5. The molecule has 2 heterocycles. The fourth-order valence-electron chi connectivity index (χ4n) is 3.70. The van der Waals surface area contributed by atoms with Crippen LogP contribution in [0.5, 0.6) is 0 Å². The molecule has 0 aliphatic carbocycles. The van der Waals surface area contributed by atoms with Gasteiger partial charge in [0, 0.05) is 44.1 Å². The van der Waals surface area contributed by atoms with Gasteiger partial charge in [-0.05, 0) is 31.0 Å². The molecule has 1 aromatic rings. The van der Waals surface area contributed by atoms with Crippen LogP contribution in [-0.4, -0.2) is 47.8 Å². The molecule has 3 rings (SSSR count). The highest BCUT2D eigenvalue weighted by molar-refractivity contribution is 6.31. The number of nitrogens with zero attached hydrogens (tertiary/aromatic N) is 2. The summed E-state index contributed by atoms with van der Waals surface area (Å²) in [5, 5.41) is -0.421. The lowest BCUT2D eigenvalue weighted by Crippen LogP contribution is -2.35. The van der Waals surface area contributed by atoms with Crippen molar-refractivity contribution in [2.24, 2.45) is 5.41 Å². The topological polar surface area (TPSA) is 40.6 Å². The van der Waals surface area contributed by atoms with Crippen molar-refractivity contribution in [1.82, 2.24) is 9.80 Å². The van der Waals surface area contributed by atoms with Crippen LogP contribution in [0.4, 0.5) is 13.2 Å². The lowest BCUT2D eigenvalue weighted by Gasteiger charge is -2.24. The Kier molecular flexibility index (Phi) is 4.47. The van der Waals surface area contributed by atoms with E-state index in [4.69, 9.17) is 11.6 Å². The third-order valence-corrected chi connectivity index (χ3v) is 5.46. The highest BCUT2D eigenvalue weighted by atomic mass is 35.5. The first-order chi connectivity index (χ1) is 11.6. The quantitative estimate of drug-likeness (QED) is 0.755. The van der Waals surface area contributed by atoms with Gasteiger partial charge in [-0.3, -0.25) is 9.59 Å². The van der Waals surface area contributed by atoms with E-state index in [1.165, 1.54) is 13.0 Å². The molecule has 1 spiro atoms. The predicted molar refractivity (Wildman–Crippen MR) is 86.3 cm³/mol. The number of likely N-dealkylation sites (tertiary alicyclic amines) is 2. The van der Waals surface area contributed by atoms with E-state index in [0.29, 0.717) is 26.2 Å². The first-order valence-corrected chi connectivity index (χ1v) is 8.41. The molecule has 0 bridgehead atoms. The zero-order valence-electron chi connectivity index (χ0n) is 13.7. The summed E-state index contributed by atoms with van der Waals surface area (Å²) in [7, 11) is 0. The van der Waals surface area contributed by atoms with Crippen molar-refractivity contribution in [3.05, 3.63) is 34.3 Å². The maximum atomic E-state index is 13.0. The number of carbonyl (C=O) groups is 2. The smallest absolute Gasteiger partial charge is 0.342 e. The molecule has 0 saturated carbocycles. The van der Waals surface area contributed by atoms with Crippen LogP contribution < -0.4 is 0 Å². The Morgan fingerprint density at radius 2 is 1.72 bits per heavy atom. The Morgan fingerprint density at radius 3 is 2.28 bits per heavy atom. The molecule has 0 N–H and O–H groups in total. The van der Waals surface area contributed by atoms with Crippen LogP contribution in [-0.2, 0) is 11.0 Å². The first-order valence-electron chi connectivity index (χ1n) is 8.03. The van der Waals surface area contributed by atoms with Gasteiger partial charge >= 0.3 is 6.18 Å². The Balaban J connectivity index is 1.76. The fraction of sp³-hybridized carbons (Fsp3) is 0.529. The van der Waals surface area contributed by atoms with Gasteiger partial charge in [0.2, 0.25) is 5.91 Å². The van der Waals surface area contributed by atoms with E-state index in [0.717, 1.165) is 25.0 Å². The standard InChI is InChI=1S/C17H18ClF3N2O2/c1-11(24)22-6-4-16(9-22)5-7-23(10-16)15(25)12-2-3-14(18)13(8-12)17(19,20)21/h2-3,8H,4-7,9-10H2,1H3/t16-/m1/s1. The molecule has 136 valence electrons. The largest absolute Gasteiger partial charge is 0.417 e. The molecule has 2 fully saturated rings. The second kappa shape index (κ2) is 6.20. The molecule has 2 saturated heterocycles. The minimum Gasteiger partial charge on any atom is -0.342 e. The molecule has 8 heteroatoms. The molecular weight excluding hydrogens is 357 g/mol. The van der Waals surface area contributed by atoms with Crippen molar-refractivity contribution in [2.45, 2.75) is 25.9 Å². The maximum Gasteiger partial charge on any atom is 0.417 e. The minimum atomic E-state index is -4.60. The number of hydrogen-bond donors (Lipinski definition) is 0. The normalized spacial score (nSPS) is 23.6. The molecule has 2 aliphatic rings. The summed E-state index contributed by atoms with van der Waals surface area (Å²) >= 11 is 5.61. The molecule has 4 nitrogen and oxygen atoms in total. The van der Waals surface area contributed by atoms with Crippen molar-refractivity contribution >= 4 is 23.4 Å². The van der Waals surface area contributed by atoms with Crippen LogP contribution in [0.1, 0.15) is 35.7 Å². The van der Waals surface area contributed by atoms with E-state index >= 15 is 0 Å². The average Bonchev–Trinajstić information content (AvgIpc) is 3.14. The third-order valence-electron chi connectivity index (χ3n) is 5.13. The van der Waals surface area contributed by atoms with E-state index in [9.17, 15) is 22.8 Å². The summed E-state index contributed by atoms with van der Waals surface area (Å²) < 4.78 is 38.9. The van der Waals surface area contributed by atoms with E-state index in [-0.39, 0.29) is 16.9 Å². The Bertz CT molecular complexity index is 722. The second-order valence-corrected chi connectivity index (χ2v) is 7.27. The Hall–Kier alpha value is -1.76. The number of amides is 2. The van der Waals surface area contributed by atoms with Crippen molar-refractivity contribution < 1.29 is 22.8 Å². The zero-order valence-corrected chi connectivity index (χ0v) is 14.5. The van der Waals surface area contributed by atoms with Gasteiger partial charge < -0.3 is 9.80 Å². The molecule has 1 atom stereocenters. The van der Waals surface area contributed by atoms with E-state index in [1.54, 1.807) is 9.80 Å². The van der Waals surface area contributed by atoms with E-state index in [1.807, 2.05) is 0 Å². The number of halogens is 4. The van der Waals surface area contributed by atoms with Gasteiger partial charge in [0.15, 0.2) is 0 Å². The minimum absolute atomic E-state index is 0.00849. The van der Waals surface area contributed by atoms with Crippen molar-refractivity contribution in [1.29, 1.82) is 0 Å². The van der Waals surface area contributed by atoms with Crippen LogP contribution in [0.3, 0.4) is 0 Å². The average molecular weight is 375 g/mol. The highest BCUT2D eigenvalue weighted by Crippen LogP contribution is 2.40. The van der Waals surface area contributed by atoms with Gasteiger partial charge in [-0.25, -0.2) is 0 Å². The first kappa shape index (κ1) is 18.0. The Labute approximate surface area is 148 Å². The molecular formula is C17H18ClF3N2O2. The van der Waals surface area contributed by atoms with Gasteiger partial charge in [-0.15, -0.1) is 0 Å². The number of hydrogen-bond acceptors (Lipinski definition) is 2. The predicted octanol–water partition coefficient (Wildman–Crippen LogP) is 3.44. The highest BCUT2D eigenvalue weighted by Gasteiger charge is 2.45. The second-order valence-electron chi connectivity index (χ2n) is 6.86. The van der Waals surface area contributed by atoms with Crippen molar-refractivity contribution in [3.8, 4) is 0 Å². The van der Waals surface area contributed by atoms with Crippen LogP contribution in [0.2, 0.25) is 5.02 Å². The van der Waals surface area contributed by atoms with Crippen molar-refractivity contribution in [2.75, 3.05) is 26.2 Å². The number of benzene rings is 1. The van der Waals surface area contributed by atoms with Crippen molar-refractivity contribution in [3.63, 3.8) is 0 Å². The number of alkyl halides is 3. The molecule has 0 unspecified atom stereocenters. The van der Waals surface area contributed by atoms with Crippen LogP contribution in [0.25, 0.3) is 0 Å². The number of carbonyl (C=O) groups excluding carboxylic acids is 2. The number of rotatable bonds is 1. The van der Waals surface area contributed by atoms with E-state index in [2.05, 4.69) is 0 Å². The van der Waals surface area contributed by atoms with Gasteiger partial charge in [-0.1, -0.05) is 11.6 Å². The summed E-state index contributed by atoms with van der Waals surface area (Å²) in [5.41, 5.74) is -1.16. The Morgan fingerprint density at radius 1 is 1.12 bits per heavy atom. The summed E-state index contributed by atoms with van der Waals surface area (Å²) in [6.45, 7) is 3.72. The lowest BCUT2D eigenvalue weighted by atomic mass is 9.86. The SMILES string of the molecule is CC(=O)N1CC[C@@]2(CCN(C(=O)c3ccc(Cl)c(C(F)(F)F)c3)C2)C1. The third kappa shape index (κ3) is 3.47. The lowest BCUT2D eigenvalue weighted by molar-refractivity contribution is -0.137. The van der Waals surface area contributed by atoms with Gasteiger partial charge in [-0.2, -0.15) is 13.2 Å². The monoisotopic (exact) mass is 374 g/mol. The molecule has 2 amide bonds. The van der Waals surface area contributed by atoms with Crippen LogP contribution in [0.15, 0.2) is 18.2 Å². The van der Waals surface area contributed by atoms with E-state index < -0.39 is 22.7 Å². The molecule has 2 aliphatic heterocycles. The summed E-state index contributed by atoms with van der Waals surface area (Å²) in [5.74, 6) is -0.422. The van der Waals surface area contributed by atoms with Gasteiger partial charge in [0.25, 0.3) is 5.91 Å².